The topological polar surface area (TPSA) is 35.5 Å². The fraction of sp³-hybridized carbons (Fsp3) is 0.571. The normalized spacial score (nSPS) is 12.9. The number of phenolic OH excluding ortho intramolecular Hbond substituents is 1. The zero-order valence-corrected chi connectivity index (χ0v) is 11.4. The summed E-state index contributed by atoms with van der Waals surface area (Å²) in [7, 11) is 0. The van der Waals surface area contributed by atoms with E-state index < -0.39 is 0 Å². The molecule has 18 heavy (non-hydrogen) atoms. The molecule has 0 saturated heterocycles. The molecule has 0 aliphatic heterocycles. The molecule has 0 saturated carbocycles. The first-order valence-electron chi connectivity index (χ1n) is 6.49. The van der Waals surface area contributed by atoms with Gasteiger partial charge in [-0.25, -0.2) is 4.39 Å². The minimum Gasteiger partial charge on any atom is -0.508 e. The lowest BCUT2D eigenvalue weighted by Gasteiger charge is -2.23. The van der Waals surface area contributed by atoms with E-state index in [9.17, 15) is 9.50 Å². The van der Waals surface area contributed by atoms with Crippen molar-refractivity contribution in [3.63, 3.8) is 0 Å². The number of hydrogen-bond donors (Lipinski definition) is 2. The summed E-state index contributed by atoms with van der Waals surface area (Å²) < 4.78 is 13.0. The fourth-order valence-electron chi connectivity index (χ4n) is 1.91. The maximum atomic E-state index is 13.0. The number of rotatable bonds is 7. The van der Waals surface area contributed by atoms with Crippen molar-refractivity contribution >= 4 is 0 Å². The highest BCUT2D eigenvalue weighted by Gasteiger charge is 2.08. The first-order valence-corrected chi connectivity index (χ1v) is 6.49. The highest BCUT2D eigenvalue weighted by molar-refractivity contribution is 5.32. The van der Waals surface area contributed by atoms with E-state index in [4.69, 9.17) is 0 Å². The molecule has 1 rings (SSSR count). The van der Waals surface area contributed by atoms with Crippen LogP contribution < -0.4 is 5.32 Å². The molecule has 0 aliphatic rings. The third-order valence-electron chi connectivity index (χ3n) is 3.11. The predicted octanol–water partition coefficient (Wildman–Crippen LogP) is 2.35. The van der Waals surface area contributed by atoms with Crippen molar-refractivity contribution in [3.05, 3.63) is 29.6 Å². The Labute approximate surface area is 109 Å². The number of benzene rings is 1. The number of nitrogens with zero attached hydrogens (tertiary/aromatic N) is 1. The molecular formula is C14H23FN2O. The average molecular weight is 254 g/mol. The summed E-state index contributed by atoms with van der Waals surface area (Å²) in [5.74, 6) is -0.181. The number of hydrogen-bond acceptors (Lipinski definition) is 3. The molecule has 0 spiro atoms. The smallest absolute Gasteiger partial charge is 0.123 e. The van der Waals surface area contributed by atoms with Crippen LogP contribution in [0.3, 0.4) is 0 Å². The van der Waals surface area contributed by atoms with E-state index in [1.54, 1.807) is 0 Å². The van der Waals surface area contributed by atoms with Crippen molar-refractivity contribution in [3.8, 4) is 5.75 Å². The molecule has 0 bridgehead atoms. The van der Waals surface area contributed by atoms with E-state index in [1.165, 1.54) is 18.2 Å². The lowest BCUT2D eigenvalue weighted by molar-refractivity contribution is 0.270. The molecule has 4 heteroatoms. The van der Waals surface area contributed by atoms with Gasteiger partial charge >= 0.3 is 0 Å². The molecule has 0 aliphatic carbocycles. The Kier molecular flexibility index (Phi) is 6.09. The zero-order valence-electron chi connectivity index (χ0n) is 11.4. The van der Waals surface area contributed by atoms with Gasteiger partial charge in [0, 0.05) is 24.7 Å². The Morgan fingerprint density at radius 2 is 2.00 bits per heavy atom. The van der Waals surface area contributed by atoms with Gasteiger partial charge < -0.3 is 15.3 Å². The van der Waals surface area contributed by atoms with Crippen LogP contribution in [-0.4, -0.2) is 35.7 Å². The summed E-state index contributed by atoms with van der Waals surface area (Å²) >= 11 is 0. The molecule has 1 unspecified atom stereocenters. The molecule has 3 nitrogen and oxygen atoms in total. The third-order valence-corrected chi connectivity index (χ3v) is 3.11. The number of phenols is 1. The quantitative estimate of drug-likeness (QED) is 0.784. The van der Waals surface area contributed by atoms with Gasteiger partial charge in [-0.15, -0.1) is 0 Å². The molecular weight excluding hydrogens is 231 g/mol. The zero-order chi connectivity index (χ0) is 13.5. The molecule has 1 aromatic carbocycles. The van der Waals surface area contributed by atoms with Gasteiger partial charge in [-0.05, 0) is 38.2 Å². The lowest BCUT2D eigenvalue weighted by Crippen LogP contribution is -2.38. The van der Waals surface area contributed by atoms with E-state index in [1.807, 2.05) is 0 Å². The Balaban J connectivity index is 2.46. The fourth-order valence-corrected chi connectivity index (χ4v) is 1.91. The minimum absolute atomic E-state index is 0.138. The standard InChI is InChI=1S/C14H23FN2O/c1-4-17(5-2)10-11(3)16-9-12-8-13(15)6-7-14(12)18/h6-8,11,16,18H,4-5,9-10H2,1-3H3. The van der Waals surface area contributed by atoms with Crippen LogP contribution in [0, 0.1) is 5.82 Å². The molecule has 2 N–H and O–H groups in total. The van der Waals surface area contributed by atoms with Gasteiger partial charge in [0.2, 0.25) is 0 Å². The second-order valence-electron chi connectivity index (χ2n) is 4.54. The Hall–Kier alpha value is -1.13. The van der Waals surface area contributed by atoms with E-state index in [-0.39, 0.29) is 11.6 Å². The van der Waals surface area contributed by atoms with Gasteiger partial charge in [0.05, 0.1) is 0 Å². The first kappa shape index (κ1) is 14.9. The van der Waals surface area contributed by atoms with Crippen LogP contribution in [-0.2, 0) is 6.54 Å². The number of likely N-dealkylation sites (N-methyl/N-ethyl adjacent to an activating group) is 1. The lowest BCUT2D eigenvalue weighted by atomic mass is 10.2. The van der Waals surface area contributed by atoms with Gasteiger partial charge in [-0.3, -0.25) is 0 Å². The van der Waals surface area contributed by atoms with Gasteiger partial charge in [-0.2, -0.15) is 0 Å². The molecule has 0 fully saturated rings. The molecule has 1 atom stereocenters. The summed E-state index contributed by atoms with van der Waals surface area (Å²) in [4.78, 5) is 2.32. The summed E-state index contributed by atoms with van der Waals surface area (Å²) in [6, 6.07) is 4.32. The molecule has 0 radical (unpaired) electrons. The van der Waals surface area contributed by atoms with Crippen LogP contribution in [0.25, 0.3) is 0 Å². The highest BCUT2D eigenvalue weighted by atomic mass is 19.1. The van der Waals surface area contributed by atoms with Crippen molar-refractivity contribution in [1.82, 2.24) is 10.2 Å². The monoisotopic (exact) mass is 254 g/mol. The first-order chi connectivity index (χ1) is 8.56. The van der Waals surface area contributed by atoms with Gasteiger partial charge in [0.25, 0.3) is 0 Å². The average Bonchev–Trinajstić information content (AvgIpc) is 2.37. The van der Waals surface area contributed by atoms with Crippen LogP contribution >= 0.6 is 0 Å². The molecule has 0 amide bonds. The number of aromatic hydroxyl groups is 1. The molecule has 0 heterocycles. The molecule has 1 aromatic rings. The van der Waals surface area contributed by atoms with Crippen molar-refractivity contribution in [2.24, 2.45) is 0 Å². The predicted molar refractivity (Wildman–Crippen MR) is 72.2 cm³/mol. The van der Waals surface area contributed by atoms with E-state index in [0.717, 1.165) is 19.6 Å². The third kappa shape index (κ3) is 4.63. The van der Waals surface area contributed by atoms with Crippen LogP contribution in [0.15, 0.2) is 18.2 Å². The van der Waals surface area contributed by atoms with Crippen molar-refractivity contribution in [2.75, 3.05) is 19.6 Å². The van der Waals surface area contributed by atoms with Crippen molar-refractivity contribution < 1.29 is 9.50 Å². The summed E-state index contributed by atoms with van der Waals surface area (Å²) in [5.41, 5.74) is 0.599. The number of halogens is 1. The van der Waals surface area contributed by atoms with E-state index in [0.29, 0.717) is 18.2 Å². The molecule has 102 valence electrons. The van der Waals surface area contributed by atoms with Crippen LogP contribution in [0.2, 0.25) is 0 Å². The van der Waals surface area contributed by atoms with Gasteiger partial charge in [0.1, 0.15) is 11.6 Å². The van der Waals surface area contributed by atoms with Crippen LogP contribution in [0.1, 0.15) is 26.3 Å². The Morgan fingerprint density at radius 1 is 1.33 bits per heavy atom. The Bertz CT molecular complexity index is 367. The second-order valence-corrected chi connectivity index (χ2v) is 4.54. The maximum absolute atomic E-state index is 13.0. The SMILES string of the molecule is CCN(CC)CC(C)NCc1cc(F)ccc1O. The maximum Gasteiger partial charge on any atom is 0.123 e. The summed E-state index contributed by atoms with van der Waals surface area (Å²) in [5, 5.41) is 12.9. The number of nitrogens with one attached hydrogen (secondary N) is 1. The van der Waals surface area contributed by atoms with Crippen LogP contribution in [0.4, 0.5) is 4.39 Å². The molecule has 0 aromatic heterocycles. The van der Waals surface area contributed by atoms with E-state index in [2.05, 4.69) is 31.0 Å². The Morgan fingerprint density at radius 3 is 2.61 bits per heavy atom. The van der Waals surface area contributed by atoms with Crippen molar-refractivity contribution in [2.45, 2.75) is 33.4 Å². The minimum atomic E-state index is -0.319. The van der Waals surface area contributed by atoms with E-state index >= 15 is 0 Å². The second kappa shape index (κ2) is 7.34. The highest BCUT2D eigenvalue weighted by Crippen LogP contribution is 2.17. The van der Waals surface area contributed by atoms with Crippen LogP contribution in [0.5, 0.6) is 5.75 Å². The largest absolute Gasteiger partial charge is 0.508 e. The summed E-state index contributed by atoms with van der Waals surface area (Å²) in [6.07, 6.45) is 0. The van der Waals surface area contributed by atoms with Crippen molar-refractivity contribution in [1.29, 1.82) is 0 Å². The summed E-state index contributed by atoms with van der Waals surface area (Å²) in [6.45, 7) is 9.83. The van der Waals surface area contributed by atoms with Gasteiger partial charge in [0.15, 0.2) is 0 Å². The van der Waals surface area contributed by atoms with Gasteiger partial charge in [-0.1, -0.05) is 13.8 Å².